The number of hydrogen-bond acceptors (Lipinski definition) is 7. The highest BCUT2D eigenvalue weighted by Crippen LogP contribution is 2.39. The number of imidazole rings is 1. The number of aromatic amines is 1. The number of esters is 1. The molecule has 3 aromatic carbocycles. The van der Waals surface area contributed by atoms with Crippen LogP contribution in [-0.2, 0) is 17.7 Å². The summed E-state index contributed by atoms with van der Waals surface area (Å²) in [6, 6.07) is 21.8. The molecule has 6 aromatic rings. The van der Waals surface area contributed by atoms with E-state index in [1.165, 1.54) is 7.11 Å². The summed E-state index contributed by atoms with van der Waals surface area (Å²) in [7, 11) is 1.40. The number of ether oxygens (including phenoxy) is 1. The SMILES string of the molecule is CCCCc1nc2cccc(C(=O)OC)c2n1Cc1ccc(-c2c(-c3nn[nH]n3)oc3ccccc23)cc1. The number of aromatic nitrogens is 6. The third kappa shape index (κ3) is 4.11. The van der Waals surface area contributed by atoms with Gasteiger partial charge in [0.25, 0.3) is 0 Å². The van der Waals surface area contributed by atoms with Gasteiger partial charge in [0.1, 0.15) is 11.4 Å². The number of fused-ring (bicyclic) bond motifs is 2. The average molecular weight is 507 g/mol. The van der Waals surface area contributed by atoms with E-state index < -0.39 is 0 Å². The number of hydrogen-bond donors (Lipinski definition) is 1. The van der Waals surface area contributed by atoms with Crippen molar-refractivity contribution in [1.82, 2.24) is 30.2 Å². The van der Waals surface area contributed by atoms with Crippen molar-refractivity contribution < 1.29 is 13.9 Å². The molecule has 3 heterocycles. The van der Waals surface area contributed by atoms with Crippen LogP contribution in [0, 0.1) is 0 Å². The van der Waals surface area contributed by atoms with Crippen molar-refractivity contribution in [2.75, 3.05) is 7.11 Å². The number of nitrogens with one attached hydrogen (secondary N) is 1. The van der Waals surface area contributed by atoms with Crippen LogP contribution >= 0.6 is 0 Å². The van der Waals surface area contributed by atoms with E-state index in [0.717, 1.165) is 63.8 Å². The minimum absolute atomic E-state index is 0.366. The van der Waals surface area contributed by atoms with Gasteiger partial charge in [-0.25, -0.2) is 9.78 Å². The molecular weight excluding hydrogens is 480 g/mol. The maximum Gasteiger partial charge on any atom is 0.340 e. The van der Waals surface area contributed by atoms with Crippen LogP contribution in [0.2, 0.25) is 0 Å². The molecule has 9 nitrogen and oxygen atoms in total. The second kappa shape index (κ2) is 9.93. The predicted molar refractivity (Wildman–Crippen MR) is 144 cm³/mol. The van der Waals surface area contributed by atoms with Crippen molar-refractivity contribution in [3.8, 4) is 22.7 Å². The zero-order valence-electron chi connectivity index (χ0n) is 21.1. The molecule has 0 atom stereocenters. The first-order valence-electron chi connectivity index (χ1n) is 12.6. The number of H-pyrrole nitrogens is 1. The largest absolute Gasteiger partial charge is 0.465 e. The Morgan fingerprint density at radius 2 is 1.89 bits per heavy atom. The lowest BCUT2D eigenvalue weighted by Gasteiger charge is -2.12. The van der Waals surface area contributed by atoms with Gasteiger partial charge in [-0.3, -0.25) is 0 Å². The van der Waals surface area contributed by atoms with Gasteiger partial charge in [0.15, 0.2) is 5.76 Å². The molecule has 0 saturated heterocycles. The molecule has 9 heteroatoms. The summed E-state index contributed by atoms with van der Waals surface area (Å²) >= 11 is 0. The molecule has 0 aliphatic heterocycles. The Morgan fingerprint density at radius 1 is 1.05 bits per heavy atom. The maximum atomic E-state index is 12.6. The first kappa shape index (κ1) is 23.6. The third-order valence-corrected chi connectivity index (χ3v) is 6.73. The van der Waals surface area contributed by atoms with E-state index in [-0.39, 0.29) is 5.97 Å². The molecule has 0 fully saturated rings. The summed E-state index contributed by atoms with van der Waals surface area (Å²) in [5, 5.41) is 15.5. The number of aryl methyl sites for hydroxylation is 1. The minimum atomic E-state index is -0.366. The molecule has 0 saturated carbocycles. The summed E-state index contributed by atoms with van der Waals surface area (Å²) in [6.07, 6.45) is 2.91. The Kier molecular flexibility index (Phi) is 6.17. The van der Waals surface area contributed by atoms with E-state index >= 15 is 0 Å². The molecule has 190 valence electrons. The third-order valence-electron chi connectivity index (χ3n) is 6.73. The Labute approximate surface area is 218 Å². The van der Waals surface area contributed by atoms with Crippen LogP contribution in [0.15, 0.2) is 71.1 Å². The van der Waals surface area contributed by atoms with Crippen molar-refractivity contribution in [3.05, 3.63) is 83.7 Å². The number of furan rings is 1. The minimum Gasteiger partial charge on any atom is -0.465 e. The topological polar surface area (TPSA) is 112 Å². The van der Waals surface area contributed by atoms with E-state index in [1.807, 2.05) is 36.4 Å². The Balaban J connectivity index is 1.42. The number of methoxy groups -OCH3 is 1. The summed E-state index contributed by atoms with van der Waals surface area (Å²) in [6.45, 7) is 2.74. The number of nitrogens with zero attached hydrogens (tertiary/aromatic N) is 5. The van der Waals surface area contributed by atoms with E-state index in [1.54, 1.807) is 6.07 Å². The van der Waals surface area contributed by atoms with Crippen molar-refractivity contribution in [1.29, 1.82) is 0 Å². The van der Waals surface area contributed by atoms with Gasteiger partial charge in [0.2, 0.25) is 5.82 Å². The summed E-state index contributed by atoms with van der Waals surface area (Å²) in [5.41, 5.74) is 5.85. The molecule has 1 N–H and O–H groups in total. The molecule has 0 radical (unpaired) electrons. The van der Waals surface area contributed by atoms with Gasteiger partial charge in [-0.1, -0.05) is 61.9 Å². The van der Waals surface area contributed by atoms with Crippen LogP contribution in [0.25, 0.3) is 44.7 Å². The fourth-order valence-corrected chi connectivity index (χ4v) is 4.91. The lowest BCUT2D eigenvalue weighted by atomic mass is 10.00. The van der Waals surface area contributed by atoms with Gasteiger partial charge in [-0.15, -0.1) is 10.2 Å². The highest BCUT2D eigenvalue weighted by molar-refractivity contribution is 6.02. The van der Waals surface area contributed by atoms with Gasteiger partial charge >= 0.3 is 5.97 Å². The standard InChI is InChI=1S/C29H26N6O3/c1-3-4-12-24-30-22-10-7-9-21(29(36)37-2)26(22)35(24)17-18-13-15-19(16-14-18)25-20-8-5-6-11-23(20)38-27(25)28-31-33-34-32-28/h5-11,13-16H,3-4,12,17H2,1-2H3,(H,31,32,33,34). The average Bonchev–Trinajstić information content (AvgIpc) is 3.69. The molecule has 0 amide bonds. The Hall–Kier alpha value is -4.79. The molecule has 0 spiro atoms. The molecule has 3 aromatic heterocycles. The molecule has 0 aliphatic carbocycles. The number of carbonyl (C=O) groups excluding carboxylic acids is 1. The second-order valence-corrected chi connectivity index (χ2v) is 9.12. The van der Waals surface area contributed by atoms with Crippen molar-refractivity contribution in [3.63, 3.8) is 0 Å². The zero-order valence-corrected chi connectivity index (χ0v) is 21.1. The van der Waals surface area contributed by atoms with Gasteiger partial charge in [-0.05, 0) is 41.0 Å². The molecule has 0 unspecified atom stereocenters. The fourth-order valence-electron chi connectivity index (χ4n) is 4.91. The summed E-state index contributed by atoms with van der Waals surface area (Å²) in [4.78, 5) is 17.5. The smallest absolute Gasteiger partial charge is 0.340 e. The first-order chi connectivity index (χ1) is 18.7. The lowest BCUT2D eigenvalue weighted by Crippen LogP contribution is -2.09. The highest BCUT2D eigenvalue weighted by Gasteiger charge is 2.21. The van der Waals surface area contributed by atoms with E-state index in [0.29, 0.717) is 23.7 Å². The van der Waals surface area contributed by atoms with E-state index in [4.69, 9.17) is 14.1 Å². The van der Waals surface area contributed by atoms with Crippen LogP contribution < -0.4 is 0 Å². The van der Waals surface area contributed by atoms with E-state index in [2.05, 4.69) is 56.4 Å². The van der Waals surface area contributed by atoms with E-state index in [9.17, 15) is 4.79 Å². The predicted octanol–water partition coefficient (Wildman–Crippen LogP) is 5.81. The highest BCUT2D eigenvalue weighted by atomic mass is 16.5. The normalized spacial score (nSPS) is 11.4. The molecule has 6 rings (SSSR count). The molecule has 0 bridgehead atoms. The van der Waals surface area contributed by atoms with Gasteiger partial charge < -0.3 is 13.7 Å². The number of carbonyl (C=O) groups is 1. The number of rotatable bonds is 8. The van der Waals surface area contributed by atoms with Crippen LogP contribution in [0.1, 0.15) is 41.5 Å². The number of para-hydroxylation sites is 2. The fraction of sp³-hybridized carbons (Fsp3) is 0.207. The number of tetrazole rings is 1. The molecule has 38 heavy (non-hydrogen) atoms. The van der Waals surface area contributed by atoms with Crippen LogP contribution in [0.5, 0.6) is 0 Å². The number of unbranched alkanes of at least 4 members (excludes halogenated alkanes) is 1. The molecular formula is C29H26N6O3. The summed E-state index contributed by atoms with van der Waals surface area (Å²) in [5.74, 6) is 1.57. The van der Waals surface area contributed by atoms with Crippen LogP contribution in [0.4, 0.5) is 0 Å². The van der Waals surface area contributed by atoms with Gasteiger partial charge in [0, 0.05) is 23.9 Å². The second-order valence-electron chi connectivity index (χ2n) is 9.12. The van der Waals surface area contributed by atoms with Crippen LogP contribution in [0.3, 0.4) is 0 Å². The van der Waals surface area contributed by atoms with Crippen molar-refractivity contribution in [2.45, 2.75) is 32.7 Å². The van der Waals surface area contributed by atoms with Crippen molar-refractivity contribution in [2.24, 2.45) is 0 Å². The molecule has 0 aliphatic rings. The zero-order chi connectivity index (χ0) is 26.1. The number of benzene rings is 3. The first-order valence-corrected chi connectivity index (χ1v) is 12.6. The quantitative estimate of drug-likeness (QED) is 0.259. The Bertz CT molecular complexity index is 1730. The lowest BCUT2D eigenvalue weighted by molar-refractivity contribution is 0.0602. The maximum absolute atomic E-state index is 12.6. The van der Waals surface area contributed by atoms with Gasteiger partial charge in [0.05, 0.1) is 23.7 Å². The Morgan fingerprint density at radius 3 is 2.66 bits per heavy atom. The van der Waals surface area contributed by atoms with Crippen molar-refractivity contribution >= 4 is 28.0 Å². The van der Waals surface area contributed by atoms with Gasteiger partial charge in [-0.2, -0.15) is 5.21 Å². The van der Waals surface area contributed by atoms with Crippen LogP contribution in [-0.4, -0.2) is 43.3 Å². The monoisotopic (exact) mass is 506 g/mol. The summed E-state index contributed by atoms with van der Waals surface area (Å²) < 4.78 is 13.3.